The summed E-state index contributed by atoms with van der Waals surface area (Å²) in [6.45, 7) is 2.58. The van der Waals surface area contributed by atoms with Gasteiger partial charge in [-0.2, -0.15) is 0 Å². The van der Waals surface area contributed by atoms with E-state index >= 15 is 0 Å². The third kappa shape index (κ3) is 4.57. The molecule has 0 bridgehead atoms. The molecule has 1 aliphatic heterocycles. The Morgan fingerprint density at radius 1 is 1.19 bits per heavy atom. The van der Waals surface area contributed by atoms with Crippen LogP contribution in [0.4, 0.5) is 5.69 Å². The molecule has 168 valence electrons. The Kier molecular flexibility index (Phi) is 6.36. The summed E-state index contributed by atoms with van der Waals surface area (Å²) in [5.41, 5.74) is 3.54. The van der Waals surface area contributed by atoms with Crippen LogP contribution in [0, 0.1) is 6.92 Å². The maximum absolute atomic E-state index is 12.9. The lowest BCUT2D eigenvalue weighted by Gasteiger charge is -2.30. The fourth-order valence-corrected chi connectivity index (χ4v) is 5.16. The molecule has 4 rings (SSSR count). The Hall–Kier alpha value is -2.69. The number of carbonyl (C=O) groups excluding carboxylic acids is 1. The van der Waals surface area contributed by atoms with Crippen LogP contribution < -0.4 is 4.90 Å². The van der Waals surface area contributed by atoms with Gasteiger partial charge in [-0.3, -0.25) is 4.79 Å². The SMILES string of the molecule is Cc1cccc(-c2nnc(SCC(=O)N3CCCc4cc(S(=O)(=O)N(C)C)ccc43)o2)c1. The molecule has 1 amide bonds. The number of thioether (sulfide) groups is 1. The molecule has 1 aliphatic rings. The molecular formula is C22H24N4O4S2. The predicted octanol–water partition coefficient (Wildman–Crippen LogP) is 3.37. The minimum absolute atomic E-state index is 0.0885. The zero-order valence-corrected chi connectivity index (χ0v) is 19.7. The van der Waals surface area contributed by atoms with Crippen molar-refractivity contribution in [2.24, 2.45) is 0 Å². The number of hydrogen-bond donors (Lipinski definition) is 0. The van der Waals surface area contributed by atoms with E-state index < -0.39 is 10.0 Å². The Morgan fingerprint density at radius 3 is 2.75 bits per heavy atom. The van der Waals surface area contributed by atoms with E-state index in [0.717, 1.165) is 35.2 Å². The second kappa shape index (κ2) is 9.05. The van der Waals surface area contributed by atoms with Gasteiger partial charge in [0, 0.05) is 31.9 Å². The minimum Gasteiger partial charge on any atom is -0.411 e. The van der Waals surface area contributed by atoms with Crippen LogP contribution >= 0.6 is 11.8 Å². The highest BCUT2D eigenvalue weighted by molar-refractivity contribution is 7.99. The topological polar surface area (TPSA) is 96.6 Å². The summed E-state index contributed by atoms with van der Waals surface area (Å²) < 4.78 is 31.8. The van der Waals surface area contributed by atoms with Gasteiger partial charge < -0.3 is 9.32 Å². The van der Waals surface area contributed by atoms with E-state index in [1.165, 1.54) is 30.2 Å². The number of aryl methyl sites for hydroxylation is 2. The van der Waals surface area contributed by atoms with Gasteiger partial charge in [0.05, 0.1) is 10.6 Å². The molecule has 2 aromatic carbocycles. The molecule has 1 aromatic heterocycles. The van der Waals surface area contributed by atoms with Crippen molar-refractivity contribution in [3.8, 4) is 11.5 Å². The van der Waals surface area contributed by atoms with Crippen molar-refractivity contribution < 1.29 is 17.6 Å². The van der Waals surface area contributed by atoms with E-state index in [9.17, 15) is 13.2 Å². The lowest BCUT2D eigenvalue weighted by Crippen LogP contribution is -2.36. The fraction of sp³-hybridized carbons (Fsp3) is 0.318. The lowest BCUT2D eigenvalue weighted by atomic mass is 10.0. The normalized spacial score (nSPS) is 13.9. The standard InChI is InChI=1S/C22H24N4O4S2/c1-15-6-4-7-17(12-15)21-23-24-22(30-21)31-14-20(27)26-11-5-8-16-13-18(9-10-19(16)26)32(28,29)25(2)3/h4,6-7,9-10,12-13H,5,8,11,14H2,1-3H3. The summed E-state index contributed by atoms with van der Waals surface area (Å²) in [5.74, 6) is 0.475. The molecule has 0 fully saturated rings. The first-order valence-corrected chi connectivity index (χ1v) is 12.6. The van der Waals surface area contributed by atoms with Crippen molar-refractivity contribution in [2.45, 2.75) is 29.9 Å². The number of aromatic nitrogens is 2. The van der Waals surface area contributed by atoms with Crippen molar-refractivity contribution in [2.75, 3.05) is 31.3 Å². The maximum atomic E-state index is 12.9. The van der Waals surface area contributed by atoms with Crippen molar-refractivity contribution >= 4 is 33.4 Å². The Bertz CT molecular complexity index is 1250. The predicted molar refractivity (Wildman–Crippen MR) is 123 cm³/mol. The Balaban J connectivity index is 1.46. The molecule has 10 heteroatoms. The third-order valence-corrected chi connectivity index (χ3v) is 7.85. The van der Waals surface area contributed by atoms with E-state index in [2.05, 4.69) is 10.2 Å². The summed E-state index contributed by atoms with van der Waals surface area (Å²) in [6.07, 6.45) is 1.50. The van der Waals surface area contributed by atoms with Gasteiger partial charge in [-0.05, 0) is 55.7 Å². The van der Waals surface area contributed by atoms with Crippen LogP contribution in [0.25, 0.3) is 11.5 Å². The van der Waals surface area contributed by atoms with Gasteiger partial charge in [-0.1, -0.05) is 29.5 Å². The molecule has 0 radical (unpaired) electrons. The summed E-state index contributed by atoms with van der Waals surface area (Å²) >= 11 is 1.19. The fourth-order valence-electron chi connectivity index (χ4n) is 3.57. The van der Waals surface area contributed by atoms with Gasteiger partial charge in [0.15, 0.2) is 0 Å². The number of rotatable bonds is 6. The summed E-state index contributed by atoms with van der Waals surface area (Å²) in [7, 11) is -0.512. The van der Waals surface area contributed by atoms with Gasteiger partial charge in [0.1, 0.15) is 0 Å². The van der Waals surface area contributed by atoms with Gasteiger partial charge in [-0.15, -0.1) is 10.2 Å². The number of sulfonamides is 1. The monoisotopic (exact) mass is 472 g/mol. The number of amides is 1. The number of nitrogens with zero attached hydrogens (tertiary/aromatic N) is 4. The van der Waals surface area contributed by atoms with Crippen LogP contribution in [0.3, 0.4) is 0 Å². The molecule has 0 saturated heterocycles. The van der Waals surface area contributed by atoms with Gasteiger partial charge >= 0.3 is 0 Å². The van der Waals surface area contributed by atoms with Crippen LogP contribution in [0.15, 0.2) is 57.0 Å². The molecule has 0 N–H and O–H groups in total. The molecule has 3 aromatic rings. The number of hydrogen-bond acceptors (Lipinski definition) is 7. The second-order valence-electron chi connectivity index (χ2n) is 7.76. The quantitative estimate of drug-likeness (QED) is 0.508. The highest BCUT2D eigenvalue weighted by Gasteiger charge is 2.26. The van der Waals surface area contributed by atoms with Crippen molar-refractivity contribution in [3.05, 3.63) is 53.6 Å². The first-order valence-electron chi connectivity index (χ1n) is 10.1. The number of carbonyl (C=O) groups is 1. The third-order valence-electron chi connectivity index (χ3n) is 5.24. The molecule has 8 nitrogen and oxygen atoms in total. The highest BCUT2D eigenvalue weighted by atomic mass is 32.2. The molecule has 0 spiro atoms. The molecule has 32 heavy (non-hydrogen) atoms. The second-order valence-corrected chi connectivity index (χ2v) is 10.8. The Labute approximate surface area is 191 Å². The van der Waals surface area contributed by atoms with E-state index in [1.54, 1.807) is 23.1 Å². The van der Waals surface area contributed by atoms with E-state index in [1.807, 2.05) is 31.2 Å². The van der Waals surface area contributed by atoms with Crippen LogP contribution in [0.2, 0.25) is 0 Å². The highest BCUT2D eigenvalue weighted by Crippen LogP contribution is 2.31. The van der Waals surface area contributed by atoms with E-state index in [4.69, 9.17) is 4.42 Å². The lowest BCUT2D eigenvalue weighted by molar-refractivity contribution is -0.116. The molecular weight excluding hydrogens is 448 g/mol. The first-order chi connectivity index (χ1) is 15.3. The van der Waals surface area contributed by atoms with Crippen LogP contribution in [0.1, 0.15) is 17.5 Å². The van der Waals surface area contributed by atoms with Crippen molar-refractivity contribution in [1.82, 2.24) is 14.5 Å². The molecule has 0 saturated carbocycles. The zero-order valence-electron chi connectivity index (χ0n) is 18.1. The number of fused-ring (bicyclic) bond motifs is 1. The van der Waals surface area contributed by atoms with Crippen molar-refractivity contribution in [1.29, 1.82) is 0 Å². The smallest absolute Gasteiger partial charge is 0.277 e. The average Bonchev–Trinajstić information content (AvgIpc) is 3.25. The summed E-state index contributed by atoms with van der Waals surface area (Å²) in [5, 5.41) is 8.45. The van der Waals surface area contributed by atoms with E-state index in [-0.39, 0.29) is 16.6 Å². The molecule has 0 atom stereocenters. The summed E-state index contributed by atoms with van der Waals surface area (Å²) in [6, 6.07) is 12.7. The number of benzene rings is 2. The van der Waals surface area contributed by atoms with E-state index in [0.29, 0.717) is 17.7 Å². The Morgan fingerprint density at radius 2 is 2.00 bits per heavy atom. The molecule has 0 unspecified atom stereocenters. The van der Waals surface area contributed by atoms with Crippen molar-refractivity contribution in [3.63, 3.8) is 0 Å². The van der Waals surface area contributed by atoms with Crippen LogP contribution in [-0.2, 0) is 21.2 Å². The first kappa shape index (κ1) is 22.5. The molecule has 2 heterocycles. The average molecular weight is 473 g/mol. The minimum atomic E-state index is -3.52. The van der Waals surface area contributed by atoms with Crippen LogP contribution in [0.5, 0.6) is 0 Å². The van der Waals surface area contributed by atoms with Crippen LogP contribution in [-0.4, -0.2) is 55.2 Å². The van der Waals surface area contributed by atoms with Gasteiger partial charge in [-0.25, -0.2) is 12.7 Å². The summed E-state index contributed by atoms with van der Waals surface area (Å²) in [4.78, 5) is 14.9. The largest absolute Gasteiger partial charge is 0.411 e. The maximum Gasteiger partial charge on any atom is 0.277 e. The zero-order chi connectivity index (χ0) is 22.9. The van der Waals surface area contributed by atoms with Gasteiger partial charge in [0.2, 0.25) is 21.8 Å². The van der Waals surface area contributed by atoms with Gasteiger partial charge in [0.25, 0.3) is 5.22 Å². The number of anilines is 1. The molecule has 0 aliphatic carbocycles.